The predicted molar refractivity (Wildman–Crippen MR) is 102 cm³/mol. The van der Waals surface area contributed by atoms with Crippen molar-refractivity contribution in [1.29, 1.82) is 0 Å². The Balaban J connectivity index is 1.70. The fraction of sp³-hybridized carbons (Fsp3) is 0.409. The number of hydrogen-bond donors (Lipinski definition) is 0. The first kappa shape index (κ1) is 19.5. The zero-order chi connectivity index (χ0) is 19.2. The summed E-state index contributed by atoms with van der Waals surface area (Å²) in [6, 6.07) is 12.5. The highest BCUT2D eigenvalue weighted by Gasteiger charge is 2.23. The van der Waals surface area contributed by atoms with Gasteiger partial charge in [0.05, 0.1) is 0 Å². The summed E-state index contributed by atoms with van der Waals surface area (Å²) in [6.07, 6.45) is 2.59. The largest absolute Gasteiger partial charge is 0.334 e. The van der Waals surface area contributed by atoms with Crippen LogP contribution < -0.4 is 0 Å². The van der Waals surface area contributed by atoms with Gasteiger partial charge >= 0.3 is 0 Å². The molecule has 1 aliphatic heterocycles. The second-order valence-corrected chi connectivity index (χ2v) is 7.45. The Labute approximate surface area is 159 Å². The molecule has 2 aromatic carbocycles. The second kappa shape index (κ2) is 9.09. The molecule has 1 aliphatic rings. The number of likely N-dealkylation sites (tertiary alicyclic amines) is 1. The van der Waals surface area contributed by atoms with Crippen LogP contribution in [0.4, 0.5) is 8.78 Å². The quantitative estimate of drug-likeness (QED) is 0.758. The number of halogens is 2. The molecule has 0 aromatic heterocycles. The molecule has 0 N–H and O–H groups in total. The number of carbonyl (C=O) groups is 1. The Morgan fingerprint density at radius 3 is 1.81 bits per heavy atom. The summed E-state index contributed by atoms with van der Waals surface area (Å²) in [7, 11) is 2.10. The monoisotopic (exact) mass is 372 g/mol. The lowest BCUT2D eigenvalue weighted by atomic mass is 9.93. The van der Waals surface area contributed by atoms with Crippen LogP contribution in [0.5, 0.6) is 0 Å². The third-order valence-corrected chi connectivity index (χ3v) is 5.23. The van der Waals surface area contributed by atoms with Crippen LogP contribution in [0.3, 0.4) is 0 Å². The van der Waals surface area contributed by atoms with Gasteiger partial charge in [-0.15, -0.1) is 0 Å². The Morgan fingerprint density at radius 2 is 1.37 bits per heavy atom. The van der Waals surface area contributed by atoms with Gasteiger partial charge in [0.15, 0.2) is 0 Å². The minimum absolute atomic E-state index is 0.0956. The summed E-state index contributed by atoms with van der Waals surface area (Å²) in [5, 5.41) is 0. The van der Waals surface area contributed by atoms with E-state index in [1.165, 1.54) is 24.3 Å². The van der Waals surface area contributed by atoms with Crippen LogP contribution in [0.1, 0.15) is 30.4 Å². The molecule has 0 aliphatic carbocycles. The van der Waals surface area contributed by atoms with Crippen LogP contribution in [-0.2, 0) is 17.9 Å². The maximum absolute atomic E-state index is 13.2. The number of carbonyl (C=O) groups excluding carboxylic acids is 1. The van der Waals surface area contributed by atoms with Gasteiger partial charge in [-0.1, -0.05) is 24.3 Å². The van der Waals surface area contributed by atoms with E-state index in [9.17, 15) is 13.6 Å². The van der Waals surface area contributed by atoms with Crippen LogP contribution in [0.25, 0.3) is 0 Å². The van der Waals surface area contributed by atoms with Gasteiger partial charge in [0.2, 0.25) is 5.91 Å². The predicted octanol–water partition coefficient (Wildman–Crippen LogP) is 4.23. The van der Waals surface area contributed by atoms with Crippen molar-refractivity contribution >= 4 is 5.91 Å². The van der Waals surface area contributed by atoms with Gasteiger partial charge in [-0.25, -0.2) is 8.78 Å². The fourth-order valence-electron chi connectivity index (χ4n) is 3.49. The molecule has 0 bridgehead atoms. The molecule has 1 saturated heterocycles. The van der Waals surface area contributed by atoms with Crippen molar-refractivity contribution in [3.8, 4) is 0 Å². The Bertz CT molecular complexity index is 690. The van der Waals surface area contributed by atoms with Crippen molar-refractivity contribution in [3.63, 3.8) is 0 Å². The van der Waals surface area contributed by atoms with Gasteiger partial charge in [-0.05, 0) is 74.3 Å². The second-order valence-electron chi connectivity index (χ2n) is 7.45. The Morgan fingerprint density at radius 1 is 0.926 bits per heavy atom. The first-order chi connectivity index (χ1) is 13.0. The molecule has 3 nitrogen and oxygen atoms in total. The molecule has 27 heavy (non-hydrogen) atoms. The van der Waals surface area contributed by atoms with Gasteiger partial charge < -0.3 is 9.80 Å². The zero-order valence-corrected chi connectivity index (χ0v) is 15.7. The Hall–Kier alpha value is -2.27. The highest BCUT2D eigenvalue weighted by Crippen LogP contribution is 2.22. The molecule has 3 rings (SSSR count). The van der Waals surface area contributed by atoms with Crippen molar-refractivity contribution in [1.82, 2.24) is 9.80 Å². The topological polar surface area (TPSA) is 23.6 Å². The SMILES string of the molecule is CN1CCC(CC(=O)N(Cc2ccc(F)cc2)Cc2ccc(F)cc2)CC1. The molecule has 0 saturated carbocycles. The van der Waals surface area contributed by atoms with Gasteiger partial charge in [0.25, 0.3) is 0 Å². The highest BCUT2D eigenvalue weighted by molar-refractivity contribution is 5.76. The average Bonchev–Trinajstić information content (AvgIpc) is 2.66. The van der Waals surface area contributed by atoms with Gasteiger partial charge in [0, 0.05) is 19.5 Å². The molecule has 2 aromatic rings. The lowest BCUT2D eigenvalue weighted by Gasteiger charge is -2.30. The number of rotatable bonds is 6. The summed E-state index contributed by atoms with van der Waals surface area (Å²) in [5.74, 6) is -0.0844. The molecule has 1 amide bonds. The number of benzene rings is 2. The smallest absolute Gasteiger partial charge is 0.223 e. The minimum atomic E-state index is -0.290. The third kappa shape index (κ3) is 5.86. The van der Waals surface area contributed by atoms with Crippen LogP contribution in [0, 0.1) is 17.6 Å². The van der Waals surface area contributed by atoms with Crippen LogP contribution >= 0.6 is 0 Å². The van der Waals surface area contributed by atoms with E-state index in [2.05, 4.69) is 11.9 Å². The number of nitrogens with zero attached hydrogens (tertiary/aromatic N) is 2. The van der Waals surface area contributed by atoms with E-state index in [1.54, 1.807) is 29.2 Å². The van der Waals surface area contributed by atoms with Gasteiger partial charge in [-0.2, -0.15) is 0 Å². The van der Waals surface area contributed by atoms with Gasteiger partial charge in [0.1, 0.15) is 11.6 Å². The van der Waals surface area contributed by atoms with Crippen molar-refractivity contribution in [2.45, 2.75) is 32.4 Å². The van der Waals surface area contributed by atoms with Crippen molar-refractivity contribution < 1.29 is 13.6 Å². The molecular formula is C22H26F2N2O. The molecule has 0 unspecified atom stereocenters. The van der Waals surface area contributed by atoms with E-state index < -0.39 is 0 Å². The van der Waals surface area contributed by atoms with Gasteiger partial charge in [-0.3, -0.25) is 4.79 Å². The molecule has 0 radical (unpaired) electrons. The minimum Gasteiger partial charge on any atom is -0.334 e. The highest BCUT2D eigenvalue weighted by atomic mass is 19.1. The van der Waals surface area contributed by atoms with E-state index >= 15 is 0 Å². The number of hydrogen-bond acceptors (Lipinski definition) is 2. The first-order valence-corrected chi connectivity index (χ1v) is 9.45. The lowest BCUT2D eigenvalue weighted by molar-refractivity contribution is -0.133. The molecule has 5 heteroatoms. The average molecular weight is 372 g/mol. The van der Waals surface area contributed by atoms with Crippen molar-refractivity contribution in [2.75, 3.05) is 20.1 Å². The van der Waals surface area contributed by atoms with E-state index in [0.29, 0.717) is 25.4 Å². The van der Waals surface area contributed by atoms with Crippen LogP contribution in [0.2, 0.25) is 0 Å². The molecular weight excluding hydrogens is 346 g/mol. The molecule has 1 heterocycles. The molecule has 0 spiro atoms. The summed E-state index contributed by atoms with van der Waals surface area (Å²) in [5.41, 5.74) is 1.77. The molecule has 144 valence electrons. The summed E-state index contributed by atoms with van der Waals surface area (Å²) in [4.78, 5) is 17.1. The van der Waals surface area contributed by atoms with Crippen molar-refractivity contribution in [3.05, 3.63) is 71.3 Å². The van der Waals surface area contributed by atoms with E-state index in [0.717, 1.165) is 37.1 Å². The zero-order valence-electron chi connectivity index (χ0n) is 15.7. The van der Waals surface area contributed by atoms with Crippen LogP contribution in [0.15, 0.2) is 48.5 Å². The molecule has 1 fully saturated rings. The molecule has 0 atom stereocenters. The van der Waals surface area contributed by atoms with E-state index in [-0.39, 0.29) is 17.5 Å². The summed E-state index contributed by atoms with van der Waals surface area (Å²) >= 11 is 0. The summed E-state index contributed by atoms with van der Waals surface area (Å²) in [6.45, 7) is 2.88. The maximum atomic E-state index is 13.2. The normalized spacial score (nSPS) is 15.7. The summed E-state index contributed by atoms with van der Waals surface area (Å²) < 4.78 is 26.4. The van der Waals surface area contributed by atoms with Crippen molar-refractivity contribution in [2.24, 2.45) is 5.92 Å². The van der Waals surface area contributed by atoms with Crippen LogP contribution in [-0.4, -0.2) is 35.8 Å². The number of piperidine rings is 1. The third-order valence-electron chi connectivity index (χ3n) is 5.23. The lowest BCUT2D eigenvalue weighted by Crippen LogP contribution is -2.35. The maximum Gasteiger partial charge on any atom is 0.223 e. The fourth-order valence-corrected chi connectivity index (χ4v) is 3.49. The standard InChI is InChI=1S/C22H26F2N2O/c1-25-12-10-17(11-13-25)14-22(27)26(15-18-2-6-20(23)7-3-18)16-19-4-8-21(24)9-5-19/h2-9,17H,10-16H2,1H3. The van der Waals surface area contributed by atoms with E-state index in [1.807, 2.05) is 0 Å². The first-order valence-electron chi connectivity index (χ1n) is 9.45. The number of amides is 1. The Kier molecular flexibility index (Phi) is 6.56. The van der Waals surface area contributed by atoms with E-state index in [4.69, 9.17) is 0 Å².